The van der Waals surface area contributed by atoms with Crippen molar-refractivity contribution >= 4 is 10.1 Å². The van der Waals surface area contributed by atoms with E-state index in [0.717, 1.165) is 51.6 Å². The van der Waals surface area contributed by atoms with Gasteiger partial charge in [-0.1, -0.05) is 140 Å². The molecule has 6 heteroatoms. The van der Waals surface area contributed by atoms with Crippen LogP contribution in [-0.4, -0.2) is 46.2 Å². The zero-order chi connectivity index (χ0) is 35.5. The Hall–Kier alpha value is -1.21. The molecule has 2 atom stereocenters. The van der Waals surface area contributed by atoms with E-state index in [4.69, 9.17) is 13.7 Å². The van der Waals surface area contributed by atoms with E-state index in [9.17, 15) is 8.42 Å². The summed E-state index contributed by atoms with van der Waals surface area (Å²) in [7, 11) is -3.50. The van der Waals surface area contributed by atoms with E-state index in [1.165, 1.54) is 128 Å². The molecule has 0 amide bonds. The molecule has 0 saturated heterocycles. The van der Waals surface area contributed by atoms with Gasteiger partial charge in [0.1, 0.15) is 0 Å². The van der Waals surface area contributed by atoms with Crippen LogP contribution in [0.2, 0.25) is 0 Å². The lowest BCUT2D eigenvalue weighted by Crippen LogP contribution is -2.38. The maximum atomic E-state index is 11.8. The summed E-state index contributed by atoms with van der Waals surface area (Å²) in [5.41, 5.74) is 0. The summed E-state index contributed by atoms with van der Waals surface area (Å²) >= 11 is 0. The van der Waals surface area contributed by atoms with Crippen molar-refractivity contribution in [3.63, 3.8) is 0 Å². The second-order valence-corrected chi connectivity index (χ2v) is 15.9. The molecule has 0 aliphatic heterocycles. The largest absolute Gasteiger partial charge is 0.378 e. The second-order valence-electron chi connectivity index (χ2n) is 14.3. The third-order valence-corrected chi connectivity index (χ3v) is 9.91. The molecule has 0 spiro atoms. The van der Waals surface area contributed by atoms with E-state index in [2.05, 4.69) is 62.5 Å². The highest BCUT2D eigenvalue weighted by Crippen LogP contribution is 2.28. The third-order valence-electron chi connectivity index (χ3n) is 9.29. The Balaban J connectivity index is 2.10. The summed E-state index contributed by atoms with van der Waals surface area (Å²) in [6.45, 7) is 5.95. The first-order valence-corrected chi connectivity index (χ1v) is 22.5. The van der Waals surface area contributed by atoms with Crippen molar-refractivity contribution in [1.29, 1.82) is 0 Å². The molecule has 1 fully saturated rings. The molecule has 0 aromatic carbocycles. The zero-order valence-corrected chi connectivity index (χ0v) is 33.1. The zero-order valence-electron chi connectivity index (χ0n) is 32.3. The molecule has 2 unspecified atom stereocenters. The minimum absolute atomic E-state index is 0.000612. The van der Waals surface area contributed by atoms with Gasteiger partial charge < -0.3 is 9.47 Å². The number of rotatable bonds is 34. The van der Waals surface area contributed by atoms with Crippen molar-refractivity contribution in [2.75, 3.05) is 19.5 Å². The molecule has 0 bridgehead atoms. The SMILES string of the molecule is CCCCC/C=C\C/C=C\CCCCCCCCOC1CC(OCCCCCCCC/C=C\C/C=C\CCCCC)CC(OS(C)(=O)=O)C1. The minimum atomic E-state index is -3.50. The van der Waals surface area contributed by atoms with Gasteiger partial charge in [-0.25, -0.2) is 0 Å². The number of hydrogen-bond donors (Lipinski definition) is 0. The highest BCUT2D eigenvalue weighted by Gasteiger charge is 2.32. The van der Waals surface area contributed by atoms with Crippen molar-refractivity contribution in [3.8, 4) is 0 Å². The van der Waals surface area contributed by atoms with Gasteiger partial charge in [-0.2, -0.15) is 8.42 Å². The lowest BCUT2D eigenvalue weighted by molar-refractivity contribution is -0.0763. The fourth-order valence-electron chi connectivity index (χ4n) is 6.45. The van der Waals surface area contributed by atoms with Crippen molar-refractivity contribution < 1.29 is 22.1 Å². The molecule has 1 aliphatic carbocycles. The highest BCUT2D eigenvalue weighted by atomic mass is 32.2. The molecular formula is C43H78O5S. The Morgan fingerprint density at radius 1 is 0.449 bits per heavy atom. The van der Waals surface area contributed by atoms with Gasteiger partial charge in [-0.05, 0) is 83.5 Å². The first-order chi connectivity index (χ1) is 23.9. The van der Waals surface area contributed by atoms with Crippen molar-refractivity contribution in [3.05, 3.63) is 48.6 Å². The fraction of sp³-hybridized carbons (Fsp3) is 0.814. The van der Waals surface area contributed by atoms with E-state index >= 15 is 0 Å². The topological polar surface area (TPSA) is 61.8 Å². The van der Waals surface area contributed by atoms with Crippen LogP contribution in [0.1, 0.15) is 187 Å². The van der Waals surface area contributed by atoms with Crippen LogP contribution in [0.4, 0.5) is 0 Å². The molecule has 0 heterocycles. The van der Waals surface area contributed by atoms with Crippen LogP contribution in [-0.2, 0) is 23.8 Å². The van der Waals surface area contributed by atoms with Gasteiger partial charge in [0.2, 0.25) is 0 Å². The van der Waals surface area contributed by atoms with Gasteiger partial charge >= 0.3 is 0 Å². The van der Waals surface area contributed by atoms with Crippen LogP contribution in [0.5, 0.6) is 0 Å². The molecule has 1 rings (SSSR count). The lowest BCUT2D eigenvalue weighted by Gasteiger charge is -2.34. The Morgan fingerprint density at radius 3 is 1.14 bits per heavy atom. The van der Waals surface area contributed by atoms with E-state index in [1.807, 2.05) is 0 Å². The van der Waals surface area contributed by atoms with Crippen molar-refractivity contribution in [2.24, 2.45) is 0 Å². The molecule has 0 N–H and O–H groups in total. The quantitative estimate of drug-likeness (QED) is 0.0379. The summed E-state index contributed by atoms with van der Waals surface area (Å²) in [6.07, 6.45) is 50.9. The fourth-order valence-corrected chi connectivity index (χ4v) is 7.10. The smallest absolute Gasteiger partial charge is 0.264 e. The summed E-state index contributed by atoms with van der Waals surface area (Å²) in [4.78, 5) is 0. The lowest BCUT2D eigenvalue weighted by atomic mass is 9.92. The molecule has 1 aliphatic rings. The van der Waals surface area contributed by atoms with Crippen molar-refractivity contribution in [1.82, 2.24) is 0 Å². The Labute approximate surface area is 304 Å². The van der Waals surface area contributed by atoms with E-state index in [1.54, 1.807) is 0 Å². The van der Waals surface area contributed by atoms with Gasteiger partial charge in [0, 0.05) is 26.1 Å². The van der Waals surface area contributed by atoms with Crippen molar-refractivity contribution in [2.45, 2.75) is 206 Å². The van der Waals surface area contributed by atoms with Crippen LogP contribution >= 0.6 is 0 Å². The third kappa shape index (κ3) is 32.4. The number of hydrogen-bond acceptors (Lipinski definition) is 5. The standard InChI is InChI=1S/C43H78O5S/c1-4-6-8-10-12-14-16-18-20-22-24-26-28-30-32-34-36-46-41-38-42(40-43(39-41)48-49(3,44)45)47-37-35-33-31-29-27-25-23-21-19-17-15-13-11-9-7-5-2/h12-15,18-21,41-43H,4-11,16-17,22-40H2,1-3H3/b14-12-,15-13-,20-18-,21-19-. The monoisotopic (exact) mass is 707 g/mol. The van der Waals surface area contributed by atoms with Crippen LogP contribution in [0, 0.1) is 0 Å². The number of allylic oxidation sites excluding steroid dienone is 8. The first-order valence-electron chi connectivity index (χ1n) is 20.7. The average Bonchev–Trinajstić information content (AvgIpc) is 3.06. The Morgan fingerprint density at radius 2 is 0.776 bits per heavy atom. The van der Waals surface area contributed by atoms with Gasteiger partial charge in [0.25, 0.3) is 10.1 Å². The maximum absolute atomic E-state index is 11.8. The molecule has 1 saturated carbocycles. The average molecular weight is 707 g/mol. The van der Waals surface area contributed by atoms with Crippen LogP contribution in [0.25, 0.3) is 0 Å². The summed E-state index contributed by atoms with van der Waals surface area (Å²) in [5, 5.41) is 0. The normalized spacial score (nSPS) is 19.0. The predicted molar refractivity (Wildman–Crippen MR) is 212 cm³/mol. The predicted octanol–water partition coefficient (Wildman–Crippen LogP) is 12.9. The van der Waals surface area contributed by atoms with E-state index in [0.29, 0.717) is 12.8 Å². The Kier molecular flexibility index (Phi) is 31.7. The molecule has 49 heavy (non-hydrogen) atoms. The summed E-state index contributed by atoms with van der Waals surface area (Å²) in [5.74, 6) is 0. The summed E-state index contributed by atoms with van der Waals surface area (Å²) in [6, 6.07) is 0. The van der Waals surface area contributed by atoms with Gasteiger partial charge in [-0.15, -0.1) is 0 Å². The van der Waals surface area contributed by atoms with Gasteiger partial charge in [0.15, 0.2) is 0 Å². The van der Waals surface area contributed by atoms with Gasteiger partial charge in [0.05, 0.1) is 24.6 Å². The summed E-state index contributed by atoms with van der Waals surface area (Å²) < 4.78 is 41.6. The molecule has 5 nitrogen and oxygen atoms in total. The van der Waals surface area contributed by atoms with Crippen LogP contribution in [0.15, 0.2) is 48.6 Å². The van der Waals surface area contributed by atoms with E-state index < -0.39 is 10.1 Å². The van der Waals surface area contributed by atoms with E-state index in [-0.39, 0.29) is 18.3 Å². The van der Waals surface area contributed by atoms with Gasteiger partial charge in [-0.3, -0.25) is 4.18 Å². The first kappa shape index (κ1) is 45.8. The minimum Gasteiger partial charge on any atom is -0.378 e. The Bertz CT molecular complexity index is 880. The molecular weight excluding hydrogens is 629 g/mol. The van der Waals surface area contributed by atoms with Crippen LogP contribution in [0.3, 0.4) is 0 Å². The molecule has 0 radical (unpaired) electrons. The highest BCUT2D eigenvalue weighted by molar-refractivity contribution is 7.86. The maximum Gasteiger partial charge on any atom is 0.264 e. The second kappa shape index (κ2) is 33.9. The number of ether oxygens (including phenoxy) is 2. The molecule has 0 aromatic rings. The molecule has 286 valence electrons. The molecule has 0 aromatic heterocycles. The van der Waals surface area contributed by atoms with Crippen LogP contribution < -0.4 is 0 Å². The number of unbranched alkanes of at least 4 members (excludes halogenated alkanes) is 18.